The molecule has 1 aliphatic heterocycles. The van der Waals surface area contributed by atoms with Gasteiger partial charge in [-0.3, -0.25) is 9.59 Å². The third kappa shape index (κ3) is 6.83. The Morgan fingerprint density at radius 3 is 2.44 bits per heavy atom. The van der Waals surface area contributed by atoms with Gasteiger partial charge in [0.05, 0.1) is 12.5 Å². The lowest BCUT2D eigenvalue weighted by Crippen LogP contribution is -2.36. The predicted octanol–water partition coefficient (Wildman–Crippen LogP) is 4.74. The lowest BCUT2D eigenvalue weighted by atomic mass is 10.1. The molecule has 1 fully saturated rings. The summed E-state index contributed by atoms with van der Waals surface area (Å²) in [6.45, 7) is 11.1. The average molecular weight is 466 g/mol. The number of aryl methyl sites for hydroxylation is 1. The van der Waals surface area contributed by atoms with Crippen LogP contribution in [0.5, 0.6) is 0 Å². The molecular formula is C27H35N3O4. The smallest absolute Gasteiger partial charge is 0.410 e. The summed E-state index contributed by atoms with van der Waals surface area (Å²) in [7, 11) is 0. The lowest BCUT2D eigenvalue weighted by Gasteiger charge is -2.27. The highest BCUT2D eigenvalue weighted by atomic mass is 16.6. The third-order valence-corrected chi connectivity index (χ3v) is 5.75. The van der Waals surface area contributed by atoms with Crippen LogP contribution in [0.15, 0.2) is 48.5 Å². The van der Waals surface area contributed by atoms with E-state index < -0.39 is 17.6 Å². The van der Waals surface area contributed by atoms with E-state index in [9.17, 15) is 14.4 Å². The molecule has 0 spiro atoms. The van der Waals surface area contributed by atoms with Crippen LogP contribution in [0.3, 0.4) is 0 Å². The molecule has 2 aromatic carbocycles. The molecule has 0 radical (unpaired) electrons. The predicted molar refractivity (Wildman–Crippen MR) is 132 cm³/mol. The Balaban J connectivity index is 1.64. The molecule has 34 heavy (non-hydrogen) atoms. The van der Waals surface area contributed by atoms with Crippen LogP contribution < -0.4 is 5.32 Å². The van der Waals surface area contributed by atoms with Crippen LogP contribution in [0.1, 0.15) is 50.8 Å². The van der Waals surface area contributed by atoms with Crippen molar-refractivity contribution in [3.8, 4) is 0 Å². The minimum Gasteiger partial charge on any atom is -0.444 e. The average Bonchev–Trinajstić information content (AvgIpc) is 3.13. The van der Waals surface area contributed by atoms with Gasteiger partial charge in [0.15, 0.2) is 0 Å². The number of likely N-dealkylation sites (tertiary alicyclic amines) is 1. The number of hydrogen-bond acceptors (Lipinski definition) is 4. The van der Waals surface area contributed by atoms with Gasteiger partial charge in [0.1, 0.15) is 5.60 Å². The SMILES string of the molecule is CCN(Cc1ccccc1NC(=O)C1CC(=O)N(Cc2ccc(C)cc2)C1)C(=O)OC(C)(C)C. The van der Waals surface area contributed by atoms with Gasteiger partial charge in [-0.15, -0.1) is 0 Å². The summed E-state index contributed by atoms with van der Waals surface area (Å²) in [5.74, 6) is -0.622. The summed E-state index contributed by atoms with van der Waals surface area (Å²) in [5, 5.41) is 2.98. The monoisotopic (exact) mass is 465 g/mol. The van der Waals surface area contributed by atoms with Crippen LogP contribution in [-0.2, 0) is 27.4 Å². The Morgan fingerprint density at radius 1 is 1.12 bits per heavy atom. The molecule has 1 heterocycles. The van der Waals surface area contributed by atoms with Crippen molar-refractivity contribution in [1.29, 1.82) is 0 Å². The number of carbonyl (C=O) groups is 3. The van der Waals surface area contributed by atoms with E-state index >= 15 is 0 Å². The van der Waals surface area contributed by atoms with Gasteiger partial charge in [-0.25, -0.2) is 4.79 Å². The second-order valence-corrected chi connectivity index (χ2v) is 9.80. The van der Waals surface area contributed by atoms with Crippen molar-refractivity contribution >= 4 is 23.6 Å². The molecule has 3 rings (SSSR count). The fraction of sp³-hybridized carbons (Fsp3) is 0.444. The van der Waals surface area contributed by atoms with Gasteiger partial charge >= 0.3 is 6.09 Å². The number of carbonyl (C=O) groups excluding carboxylic acids is 3. The van der Waals surface area contributed by atoms with E-state index in [1.54, 1.807) is 9.80 Å². The number of anilines is 1. The first-order valence-electron chi connectivity index (χ1n) is 11.8. The molecule has 1 unspecified atom stereocenters. The van der Waals surface area contributed by atoms with E-state index in [0.717, 1.165) is 11.1 Å². The van der Waals surface area contributed by atoms with Gasteiger partial charge in [0, 0.05) is 31.7 Å². The van der Waals surface area contributed by atoms with Crippen LogP contribution in [0.25, 0.3) is 0 Å². The molecular weight excluding hydrogens is 430 g/mol. The number of para-hydroxylation sites is 1. The molecule has 0 aromatic heterocycles. The van der Waals surface area contributed by atoms with Crippen LogP contribution in [-0.4, -0.2) is 46.4 Å². The maximum Gasteiger partial charge on any atom is 0.410 e. The second-order valence-electron chi connectivity index (χ2n) is 9.80. The maximum absolute atomic E-state index is 13.0. The van der Waals surface area contributed by atoms with Crippen molar-refractivity contribution in [3.63, 3.8) is 0 Å². The molecule has 2 aromatic rings. The summed E-state index contributed by atoms with van der Waals surface area (Å²) < 4.78 is 5.50. The first kappa shape index (κ1) is 25.3. The van der Waals surface area contributed by atoms with Gasteiger partial charge in [-0.1, -0.05) is 48.0 Å². The van der Waals surface area contributed by atoms with Crippen LogP contribution in [0.4, 0.5) is 10.5 Å². The van der Waals surface area contributed by atoms with E-state index in [-0.39, 0.29) is 18.2 Å². The first-order valence-corrected chi connectivity index (χ1v) is 11.8. The molecule has 1 aliphatic rings. The van der Waals surface area contributed by atoms with E-state index in [2.05, 4.69) is 5.32 Å². The van der Waals surface area contributed by atoms with Gasteiger partial charge < -0.3 is 19.9 Å². The number of nitrogens with one attached hydrogen (secondary N) is 1. The van der Waals surface area contributed by atoms with Crippen molar-refractivity contribution in [1.82, 2.24) is 9.80 Å². The zero-order valence-electron chi connectivity index (χ0n) is 20.8. The quantitative estimate of drug-likeness (QED) is 0.641. The minimum absolute atomic E-state index is 0.0175. The Hall–Kier alpha value is -3.35. The number of nitrogens with zero attached hydrogens (tertiary/aromatic N) is 2. The summed E-state index contributed by atoms with van der Waals surface area (Å²) in [4.78, 5) is 41.5. The molecule has 3 amide bonds. The summed E-state index contributed by atoms with van der Waals surface area (Å²) in [6.07, 6.45) is -0.206. The van der Waals surface area contributed by atoms with Crippen molar-refractivity contribution < 1.29 is 19.1 Å². The van der Waals surface area contributed by atoms with Gasteiger partial charge in [0.25, 0.3) is 0 Å². The molecule has 1 saturated heterocycles. The Kier molecular flexibility index (Phi) is 7.97. The number of hydrogen-bond donors (Lipinski definition) is 1. The van der Waals surface area contributed by atoms with Crippen LogP contribution in [0.2, 0.25) is 0 Å². The van der Waals surface area contributed by atoms with E-state index in [1.807, 2.05) is 83.1 Å². The maximum atomic E-state index is 13.0. The van der Waals surface area contributed by atoms with Gasteiger partial charge in [0.2, 0.25) is 11.8 Å². The molecule has 182 valence electrons. The fourth-order valence-corrected chi connectivity index (χ4v) is 3.87. The zero-order valence-corrected chi connectivity index (χ0v) is 20.8. The number of amides is 3. The molecule has 1 atom stereocenters. The van der Waals surface area contributed by atoms with Crippen LogP contribution in [0, 0.1) is 12.8 Å². The highest BCUT2D eigenvalue weighted by Gasteiger charge is 2.34. The third-order valence-electron chi connectivity index (χ3n) is 5.75. The van der Waals surface area contributed by atoms with Crippen molar-refractivity contribution in [2.45, 2.75) is 59.7 Å². The lowest BCUT2D eigenvalue weighted by molar-refractivity contribution is -0.128. The van der Waals surface area contributed by atoms with Crippen LogP contribution >= 0.6 is 0 Å². The van der Waals surface area contributed by atoms with Gasteiger partial charge in [-0.05, 0) is 51.8 Å². The number of ether oxygens (including phenoxy) is 1. The fourth-order valence-electron chi connectivity index (χ4n) is 3.87. The van der Waals surface area contributed by atoms with E-state index in [1.165, 1.54) is 5.56 Å². The molecule has 0 aliphatic carbocycles. The van der Waals surface area contributed by atoms with Crippen molar-refractivity contribution in [2.75, 3.05) is 18.4 Å². The molecule has 1 N–H and O–H groups in total. The highest BCUT2D eigenvalue weighted by Crippen LogP contribution is 2.24. The first-order chi connectivity index (χ1) is 16.1. The largest absolute Gasteiger partial charge is 0.444 e. The van der Waals surface area contributed by atoms with Crippen molar-refractivity contribution in [3.05, 3.63) is 65.2 Å². The Bertz CT molecular complexity index is 1030. The second kappa shape index (κ2) is 10.7. The highest BCUT2D eigenvalue weighted by molar-refractivity contribution is 5.97. The minimum atomic E-state index is -0.586. The molecule has 7 heteroatoms. The Morgan fingerprint density at radius 2 is 1.79 bits per heavy atom. The van der Waals surface area contributed by atoms with E-state index in [0.29, 0.717) is 31.9 Å². The van der Waals surface area contributed by atoms with E-state index in [4.69, 9.17) is 4.74 Å². The summed E-state index contributed by atoms with van der Waals surface area (Å²) >= 11 is 0. The number of rotatable bonds is 7. The molecule has 0 saturated carbocycles. The number of benzene rings is 2. The summed E-state index contributed by atoms with van der Waals surface area (Å²) in [5.41, 5.74) is 3.08. The van der Waals surface area contributed by atoms with Crippen molar-refractivity contribution in [2.24, 2.45) is 5.92 Å². The summed E-state index contributed by atoms with van der Waals surface area (Å²) in [6, 6.07) is 15.5. The standard InChI is InChI=1S/C27H35N3O4/c1-6-29(26(33)34-27(3,4)5)17-21-9-7-8-10-23(21)28-25(32)22-15-24(31)30(18-22)16-20-13-11-19(2)12-14-20/h7-14,22H,6,15-18H2,1-5H3,(H,28,32). The molecule has 7 nitrogen and oxygen atoms in total. The molecule has 0 bridgehead atoms. The zero-order chi connectivity index (χ0) is 24.9. The van der Waals surface area contributed by atoms with Gasteiger partial charge in [-0.2, -0.15) is 0 Å². The topological polar surface area (TPSA) is 79.0 Å². The Labute approximate surface area is 202 Å². The normalized spacial score (nSPS) is 15.9.